The van der Waals surface area contributed by atoms with E-state index in [1.807, 2.05) is 78.2 Å². The fraction of sp³-hybridized carbons (Fsp3) is 0.459. The monoisotopic (exact) mass is 678 g/mol. The van der Waals surface area contributed by atoms with E-state index in [2.05, 4.69) is 27.7 Å². The van der Waals surface area contributed by atoms with Crippen molar-refractivity contribution in [1.82, 2.24) is 14.8 Å². The fourth-order valence-corrected chi connectivity index (χ4v) is 6.99. The molecule has 2 aromatic carbocycles. The second-order valence-electron chi connectivity index (χ2n) is 13.8. The predicted octanol–water partition coefficient (Wildman–Crippen LogP) is 8.67. The number of nitrogens with zero attached hydrogens (tertiary/aromatic N) is 4. The zero-order valence-electron chi connectivity index (χ0n) is 28.0. The van der Waals surface area contributed by atoms with Crippen LogP contribution in [0.5, 0.6) is 5.75 Å². The lowest BCUT2D eigenvalue weighted by molar-refractivity contribution is -0.137. The number of aliphatic carboxylic acids is 1. The third-order valence-electron chi connectivity index (χ3n) is 9.77. The van der Waals surface area contributed by atoms with Crippen LogP contribution in [0.25, 0.3) is 0 Å². The van der Waals surface area contributed by atoms with E-state index < -0.39 is 17.0 Å². The molecule has 8 nitrogen and oxygen atoms in total. The van der Waals surface area contributed by atoms with Crippen molar-refractivity contribution in [2.24, 2.45) is 10.9 Å². The summed E-state index contributed by atoms with van der Waals surface area (Å²) >= 11 is 12.7. The highest BCUT2D eigenvalue weighted by atomic mass is 35.5. The largest absolute Gasteiger partial charge is 0.493 e. The molecule has 10 heteroatoms. The molecule has 250 valence electrons. The Morgan fingerprint density at radius 3 is 2.09 bits per heavy atom. The maximum Gasteiger partial charge on any atom is 0.326 e. The van der Waals surface area contributed by atoms with Crippen molar-refractivity contribution < 1.29 is 19.4 Å². The van der Waals surface area contributed by atoms with Gasteiger partial charge in [0, 0.05) is 52.9 Å². The minimum atomic E-state index is -1.02. The number of rotatable bonds is 8. The Hall–Kier alpha value is -3.62. The number of halogens is 2. The number of piperidine rings is 1. The first-order valence-electron chi connectivity index (χ1n) is 16.3. The topological polar surface area (TPSA) is 95.3 Å². The molecule has 0 unspecified atom stereocenters. The number of carbonyl (C=O) groups is 2. The van der Waals surface area contributed by atoms with Gasteiger partial charge >= 0.3 is 12.0 Å². The first-order chi connectivity index (χ1) is 22.2. The number of aliphatic imine (C=N–C) groups is 1. The molecule has 47 heavy (non-hydrogen) atoms. The second-order valence-corrected chi connectivity index (χ2v) is 14.7. The third kappa shape index (κ3) is 6.72. The lowest BCUT2D eigenvalue weighted by Crippen LogP contribution is -2.59. The molecule has 0 saturated carbocycles. The van der Waals surface area contributed by atoms with Gasteiger partial charge in [-0.25, -0.2) is 4.79 Å². The van der Waals surface area contributed by atoms with Gasteiger partial charge in [-0.3, -0.25) is 19.7 Å². The smallest absolute Gasteiger partial charge is 0.326 e. The number of amides is 2. The molecule has 2 aliphatic rings. The molecule has 3 aromatic rings. The molecule has 2 amide bonds. The number of likely N-dealkylation sites (tertiary alicyclic amines) is 1. The Labute approximate surface area is 287 Å². The van der Waals surface area contributed by atoms with Crippen LogP contribution < -0.4 is 4.74 Å². The Bertz CT molecular complexity index is 1650. The Kier molecular flexibility index (Phi) is 9.95. The number of amidine groups is 1. The van der Waals surface area contributed by atoms with E-state index in [0.29, 0.717) is 53.3 Å². The van der Waals surface area contributed by atoms with Crippen molar-refractivity contribution in [3.05, 3.63) is 93.2 Å². The van der Waals surface area contributed by atoms with E-state index in [1.54, 1.807) is 6.20 Å². The number of hydrogen-bond acceptors (Lipinski definition) is 5. The highest BCUT2D eigenvalue weighted by Crippen LogP contribution is 2.54. The maximum absolute atomic E-state index is 15.0. The van der Waals surface area contributed by atoms with Gasteiger partial charge in [0.1, 0.15) is 22.7 Å². The van der Waals surface area contributed by atoms with Crippen LogP contribution in [0.3, 0.4) is 0 Å². The Balaban J connectivity index is 1.70. The number of carboxylic acid groups (broad SMARTS) is 1. The summed E-state index contributed by atoms with van der Waals surface area (Å²) in [6, 6.07) is 17.0. The molecule has 1 N–H and O–H groups in total. The fourth-order valence-electron chi connectivity index (χ4n) is 6.74. The quantitative estimate of drug-likeness (QED) is 0.257. The second kappa shape index (κ2) is 13.5. The standard InChI is InChI=1S/C37H44Cl2N4O4/c1-7-47-30-22-31(35(2,3)4)40-23-29(30)33-41-36(5,25-9-13-27(38)14-10-25)37(6,26-11-15-28(39)16-12-26)43(33)34(46)42-20-18-24(19-21-42)8-17-32(44)45/h9-16,22-24H,7-8,17-21H2,1-6H3,(H,44,45)/t36-,37+/m0/s1. The molecular weight excluding hydrogens is 635 g/mol. The number of carbonyl (C=O) groups excluding carboxylic acids is 1. The van der Waals surface area contributed by atoms with E-state index in [1.165, 1.54) is 0 Å². The first-order valence-corrected chi connectivity index (χ1v) is 17.0. The van der Waals surface area contributed by atoms with Crippen LogP contribution >= 0.6 is 23.2 Å². The van der Waals surface area contributed by atoms with Crippen LogP contribution in [-0.2, 0) is 21.3 Å². The van der Waals surface area contributed by atoms with Crippen molar-refractivity contribution in [3.63, 3.8) is 0 Å². The van der Waals surface area contributed by atoms with Crippen molar-refractivity contribution in [2.45, 2.75) is 83.7 Å². The zero-order chi connectivity index (χ0) is 34.1. The average molecular weight is 680 g/mol. The minimum absolute atomic E-state index is 0.132. The first kappa shape index (κ1) is 34.7. The number of aromatic nitrogens is 1. The predicted molar refractivity (Wildman–Crippen MR) is 187 cm³/mol. The molecular formula is C37H44Cl2N4O4. The van der Waals surface area contributed by atoms with Crippen LogP contribution in [0.1, 0.15) is 89.6 Å². The van der Waals surface area contributed by atoms with E-state index >= 15 is 4.79 Å². The number of benzene rings is 2. The molecule has 0 radical (unpaired) electrons. The summed E-state index contributed by atoms with van der Waals surface area (Å²) < 4.78 is 6.24. The molecule has 1 saturated heterocycles. The zero-order valence-corrected chi connectivity index (χ0v) is 29.5. The molecule has 1 aromatic heterocycles. The normalized spacial score (nSPS) is 21.9. The van der Waals surface area contributed by atoms with Gasteiger partial charge in [-0.05, 0) is 81.3 Å². The van der Waals surface area contributed by atoms with Gasteiger partial charge in [0.2, 0.25) is 0 Å². The number of pyridine rings is 1. The number of hydrogen-bond donors (Lipinski definition) is 1. The Morgan fingerprint density at radius 2 is 1.55 bits per heavy atom. The number of ether oxygens (including phenoxy) is 1. The van der Waals surface area contributed by atoms with E-state index in [9.17, 15) is 9.90 Å². The number of urea groups is 1. The van der Waals surface area contributed by atoms with Crippen molar-refractivity contribution in [2.75, 3.05) is 19.7 Å². The van der Waals surface area contributed by atoms with E-state index in [-0.39, 0.29) is 23.8 Å². The van der Waals surface area contributed by atoms with Crippen LogP contribution in [-0.4, -0.2) is 57.4 Å². The van der Waals surface area contributed by atoms with Gasteiger partial charge in [0.05, 0.1) is 12.2 Å². The van der Waals surface area contributed by atoms with Gasteiger partial charge in [0.25, 0.3) is 0 Å². The maximum atomic E-state index is 15.0. The molecule has 2 aliphatic heterocycles. The highest BCUT2D eigenvalue weighted by molar-refractivity contribution is 6.30. The van der Waals surface area contributed by atoms with Gasteiger partial charge < -0.3 is 14.7 Å². The van der Waals surface area contributed by atoms with Crippen molar-refractivity contribution >= 4 is 41.0 Å². The summed E-state index contributed by atoms with van der Waals surface area (Å²) in [6.07, 6.45) is 3.98. The van der Waals surface area contributed by atoms with Gasteiger partial charge in [0.15, 0.2) is 0 Å². The lowest BCUT2D eigenvalue weighted by atomic mass is 9.71. The molecule has 2 atom stereocenters. The van der Waals surface area contributed by atoms with E-state index in [0.717, 1.165) is 29.7 Å². The summed E-state index contributed by atoms with van der Waals surface area (Å²) in [4.78, 5) is 40.3. The van der Waals surface area contributed by atoms with Gasteiger partial charge in [-0.15, -0.1) is 0 Å². The van der Waals surface area contributed by atoms with E-state index in [4.69, 9.17) is 37.9 Å². The van der Waals surface area contributed by atoms with Gasteiger partial charge in [-0.2, -0.15) is 0 Å². The average Bonchev–Trinajstić information content (AvgIpc) is 3.28. The minimum Gasteiger partial charge on any atom is -0.493 e. The molecule has 5 rings (SSSR count). The molecule has 0 bridgehead atoms. The van der Waals surface area contributed by atoms with Crippen LogP contribution in [0.15, 0.2) is 65.8 Å². The molecule has 1 fully saturated rings. The Morgan fingerprint density at radius 1 is 0.979 bits per heavy atom. The SMILES string of the molecule is CCOc1cc(C(C)(C)C)ncc1C1=N[C@@](C)(c2ccc(Cl)cc2)[C@@](C)(c2ccc(Cl)cc2)N1C(=O)N1CCC(CCC(=O)O)CC1. The summed E-state index contributed by atoms with van der Waals surface area (Å²) in [5.74, 6) is 0.532. The summed E-state index contributed by atoms with van der Waals surface area (Å²) in [6.45, 7) is 13.8. The van der Waals surface area contributed by atoms with Crippen molar-refractivity contribution in [1.29, 1.82) is 0 Å². The lowest BCUT2D eigenvalue weighted by Gasteiger charge is -2.47. The molecule has 3 heterocycles. The summed E-state index contributed by atoms with van der Waals surface area (Å²) in [5.41, 5.74) is 1.02. The van der Waals surface area contributed by atoms with Crippen LogP contribution in [0.2, 0.25) is 10.0 Å². The molecule has 0 aliphatic carbocycles. The molecule has 0 spiro atoms. The van der Waals surface area contributed by atoms with Gasteiger partial charge in [-0.1, -0.05) is 68.2 Å². The van der Waals surface area contributed by atoms with Crippen LogP contribution in [0.4, 0.5) is 4.79 Å². The summed E-state index contributed by atoms with van der Waals surface area (Å²) in [5, 5.41) is 10.4. The summed E-state index contributed by atoms with van der Waals surface area (Å²) in [7, 11) is 0. The highest BCUT2D eigenvalue weighted by Gasteiger charge is 2.60. The third-order valence-corrected chi connectivity index (χ3v) is 10.3. The van der Waals surface area contributed by atoms with Crippen LogP contribution in [0, 0.1) is 5.92 Å². The van der Waals surface area contributed by atoms with Crippen molar-refractivity contribution in [3.8, 4) is 5.75 Å². The number of carboxylic acids is 1.